The van der Waals surface area contributed by atoms with Gasteiger partial charge in [0.1, 0.15) is 5.75 Å². The Morgan fingerprint density at radius 2 is 1.83 bits per heavy atom. The summed E-state index contributed by atoms with van der Waals surface area (Å²) >= 11 is 0. The third-order valence-electron chi connectivity index (χ3n) is 2.68. The van der Waals surface area contributed by atoms with Crippen molar-refractivity contribution in [3.8, 4) is 11.5 Å². The van der Waals surface area contributed by atoms with Crippen molar-refractivity contribution in [2.75, 3.05) is 19.0 Å². The van der Waals surface area contributed by atoms with Gasteiger partial charge in [-0.05, 0) is 12.1 Å². The van der Waals surface area contributed by atoms with Gasteiger partial charge in [-0.1, -0.05) is 0 Å². The number of nitrogens with one attached hydrogen (secondary N) is 1. The zero-order valence-electron chi connectivity index (χ0n) is 12.5. The molecule has 1 rings (SSSR count). The van der Waals surface area contributed by atoms with Crippen LogP contribution in [0.2, 0.25) is 0 Å². The van der Waals surface area contributed by atoms with Gasteiger partial charge in [-0.2, -0.15) is 17.6 Å². The van der Waals surface area contributed by atoms with E-state index >= 15 is 0 Å². The number of rotatable bonds is 9. The molecule has 1 atom stereocenters. The van der Waals surface area contributed by atoms with E-state index in [1.54, 1.807) is 0 Å². The Morgan fingerprint density at radius 3 is 2.33 bits per heavy atom. The molecule has 0 fully saturated rings. The molecule has 24 heavy (non-hydrogen) atoms. The second-order valence-electron chi connectivity index (χ2n) is 4.26. The van der Waals surface area contributed by atoms with E-state index in [1.807, 2.05) is 0 Å². The van der Waals surface area contributed by atoms with Crippen molar-refractivity contribution in [3.05, 3.63) is 18.2 Å². The Morgan fingerprint density at radius 1 is 1.21 bits per heavy atom. The summed E-state index contributed by atoms with van der Waals surface area (Å²) in [7, 11) is 1.37. The average molecular weight is 377 g/mol. The second-order valence-corrected chi connectivity index (χ2v) is 4.26. The van der Waals surface area contributed by atoms with Crippen LogP contribution in [0.15, 0.2) is 18.2 Å². The first kappa shape index (κ1) is 22.2. The van der Waals surface area contributed by atoms with Crippen LogP contribution in [-0.2, 0) is 9.53 Å². The molecule has 3 N–H and O–H groups in total. The summed E-state index contributed by atoms with van der Waals surface area (Å²) in [6.07, 6.45) is -0.660. The lowest BCUT2D eigenvalue weighted by molar-refractivity contribution is -0.118. The molecule has 1 unspecified atom stereocenters. The van der Waals surface area contributed by atoms with E-state index in [0.717, 1.165) is 18.2 Å². The number of hydrogen-bond donors (Lipinski definition) is 2. The van der Waals surface area contributed by atoms with Crippen LogP contribution in [-0.4, -0.2) is 38.9 Å². The summed E-state index contributed by atoms with van der Waals surface area (Å²) in [5.74, 6) is -1.46. The Labute approximate surface area is 141 Å². The summed E-state index contributed by atoms with van der Waals surface area (Å²) in [6, 6.07) is 3.01. The summed E-state index contributed by atoms with van der Waals surface area (Å²) in [5, 5.41) is 2.32. The molecule has 0 aromatic heterocycles. The molecule has 0 saturated carbocycles. The Balaban J connectivity index is 0.00000529. The predicted molar refractivity (Wildman–Crippen MR) is 80.1 cm³/mol. The Kier molecular flexibility index (Phi) is 10.1. The molecular weight excluding hydrogens is 360 g/mol. The van der Waals surface area contributed by atoms with Crippen LogP contribution < -0.4 is 20.5 Å². The minimum Gasteiger partial charge on any atom is -0.435 e. The fraction of sp³-hybridized carbons (Fsp3) is 0.462. The van der Waals surface area contributed by atoms with Gasteiger partial charge in [-0.15, -0.1) is 12.4 Å². The summed E-state index contributed by atoms with van der Waals surface area (Å²) in [6.45, 7) is -6.24. The van der Waals surface area contributed by atoms with Crippen LogP contribution in [0.1, 0.15) is 6.42 Å². The molecule has 0 aliphatic carbocycles. The van der Waals surface area contributed by atoms with Crippen molar-refractivity contribution in [1.29, 1.82) is 0 Å². The molecule has 0 saturated heterocycles. The van der Waals surface area contributed by atoms with Crippen LogP contribution in [0.3, 0.4) is 0 Å². The third-order valence-corrected chi connectivity index (χ3v) is 2.68. The van der Waals surface area contributed by atoms with Gasteiger partial charge in [0.25, 0.3) is 0 Å². The SMILES string of the molecule is COC(CN)CC(=O)Nc1ccc(OC(F)F)cc1OC(F)F.Cl. The number of alkyl halides is 4. The zero-order valence-corrected chi connectivity index (χ0v) is 13.3. The van der Waals surface area contributed by atoms with Crippen LogP contribution in [0.25, 0.3) is 0 Å². The number of nitrogens with two attached hydrogens (primary N) is 1. The summed E-state index contributed by atoms with van der Waals surface area (Å²) in [4.78, 5) is 11.8. The highest BCUT2D eigenvalue weighted by molar-refractivity contribution is 5.92. The van der Waals surface area contributed by atoms with E-state index in [2.05, 4.69) is 14.8 Å². The lowest BCUT2D eigenvalue weighted by Gasteiger charge is -2.16. The maximum Gasteiger partial charge on any atom is 0.387 e. The predicted octanol–water partition coefficient (Wildman–Crippen LogP) is 2.61. The van der Waals surface area contributed by atoms with E-state index < -0.39 is 31.0 Å². The van der Waals surface area contributed by atoms with Crippen molar-refractivity contribution in [2.45, 2.75) is 25.7 Å². The van der Waals surface area contributed by atoms with Crippen molar-refractivity contribution in [1.82, 2.24) is 0 Å². The van der Waals surface area contributed by atoms with Crippen molar-refractivity contribution in [2.24, 2.45) is 5.73 Å². The lowest BCUT2D eigenvalue weighted by atomic mass is 10.2. The van der Waals surface area contributed by atoms with E-state index in [4.69, 9.17) is 10.5 Å². The topological polar surface area (TPSA) is 82.8 Å². The standard InChI is InChI=1S/C13H16F4N2O4.ClH/c1-21-8(6-18)5-11(20)19-9-3-2-7(22-12(14)15)4-10(9)23-13(16)17;/h2-4,8,12-13H,5-6,18H2,1H3,(H,19,20);1H. The Hall–Kier alpha value is -1.78. The number of ether oxygens (including phenoxy) is 3. The van der Waals surface area contributed by atoms with Crippen LogP contribution >= 0.6 is 12.4 Å². The van der Waals surface area contributed by atoms with Gasteiger partial charge in [0.05, 0.1) is 18.2 Å². The van der Waals surface area contributed by atoms with Crippen molar-refractivity contribution >= 4 is 24.0 Å². The molecule has 0 radical (unpaired) electrons. The van der Waals surface area contributed by atoms with Crippen LogP contribution in [0.4, 0.5) is 23.2 Å². The fourth-order valence-corrected chi connectivity index (χ4v) is 1.65. The van der Waals surface area contributed by atoms with Crippen LogP contribution in [0.5, 0.6) is 11.5 Å². The highest BCUT2D eigenvalue weighted by Gasteiger charge is 2.17. The molecule has 1 amide bonds. The van der Waals surface area contributed by atoms with Gasteiger partial charge in [-0.25, -0.2) is 0 Å². The molecule has 0 bridgehead atoms. The van der Waals surface area contributed by atoms with Gasteiger partial charge < -0.3 is 25.3 Å². The molecule has 1 aromatic rings. The van der Waals surface area contributed by atoms with Crippen LogP contribution in [0, 0.1) is 0 Å². The molecule has 0 aliphatic rings. The number of anilines is 1. The van der Waals surface area contributed by atoms with Gasteiger partial charge >= 0.3 is 13.2 Å². The average Bonchev–Trinajstić information content (AvgIpc) is 2.46. The summed E-state index contributed by atoms with van der Waals surface area (Å²) in [5.41, 5.74) is 5.25. The van der Waals surface area contributed by atoms with E-state index in [9.17, 15) is 22.4 Å². The van der Waals surface area contributed by atoms with E-state index in [1.165, 1.54) is 7.11 Å². The number of methoxy groups -OCH3 is 1. The molecule has 0 aliphatic heterocycles. The number of benzene rings is 1. The highest BCUT2D eigenvalue weighted by Crippen LogP contribution is 2.31. The van der Waals surface area contributed by atoms with E-state index in [-0.39, 0.29) is 36.8 Å². The number of hydrogen-bond acceptors (Lipinski definition) is 5. The Bertz CT molecular complexity index is 519. The van der Waals surface area contributed by atoms with Crippen molar-refractivity contribution < 1.29 is 36.6 Å². The van der Waals surface area contributed by atoms with Gasteiger partial charge in [0.15, 0.2) is 5.75 Å². The quantitative estimate of drug-likeness (QED) is 0.647. The molecule has 6 nitrogen and oxygen atoms in total. The third kappa shape index (κ3) is 7.66. The molecule has 138 valence electrons. The van der Waals surface area contributed by atoms with Crippen molar-refractivity contribution in [3.63, 3.8) is 0 Å². The smallest absolute Gasteiger partial charge is 0.387 e. The second kappa shape index (κ2) is 10.9. The minimum absolute atomic E-state index is 0. The maximum absolute atomic E-state index is 12.4. The molecular formula is C13H17ClF4N2O4. The molecule has 11 heteroatoms. The number of amides is 1. The first-order valence-electron chi connectivity index (χ1n) is 6.42. The number of halogens is 5. The normalized spacial score (nSPS) is 11.8. The van der Waals surface area contributed by atoms with Gasteiger partial charge in [0, 0.05) is 19.7 Å². The van der Waals surface area contributed by atoms with Gasteiger partial charge in [0.2, 0.25) is 5.91 Å². The molecule has 0 heterocycles. The maximum atomic E-state index is 12.4. The number of carbonyl (C=O) groups excluding carboxylic acids is 1. The number of carbonyl (C=O) groups is 1. The first-order chi connectivity index (χ1) is 10.8. The fourth-order valence-electron chi connectivity index (χ4n) is 1.65. The lowest BCUT2D eigenvalue weighted by Crippen LogP contribution is -2.28. The highest BCUT2D eigenvalue weighted by atomic mass is 35.5. The monoisotopic (exact) mass is 376 g/mol. The van der Waals surface area contributed by atoms with Gasteiger partial charge in [-0.3, -0.25) is 4.79 Å². The largest absolute Gasteiger partial charge is 0.435 e. The minimum atomic E-state index is -3.21. The molecule has 1 aromatic carbocycles. The first-order valence-corrected chi connectivity index (χ1v) is 6.42. The summed E-state index contributed by atoms with van der Waals surface area (Å²) < 4.78 is 62.3. The molecule has 0 spiro atoms. The van der Waals surface area contributed by atoms with E-state index in [0.29, 0.717) is 0 Å². The zero-order chi connectivity index (χ0) is 17.4.